The Bertz CT molecular complexity index is 466. The lowest BCUT2D eigenvalue weighted by atomic mass is 10.2. The van der Waals surface area contributed by atoms with Gasteiger partial charge in [0, 0.05) is 20.6 Å². The first-order valence-electron chi connectivity index (χ1n) is 6.22. The smallest absolute Gasteiger partial charge is 0.323 e. The number of carbonyl (C=O) groups is 1. The molecular weight excluding hydrogens is 248 g/mol. The van der Waals surface area contributed by atoms with Crippen molar-refractivity contribution in [1.82, 2.24) is 19.9 Å². The van der Waals surface area contributed by atoms with E-state index >= 15 is 0 Å². The summed E-state index contributed by atoms with van der Waals surface area (Å²) >= 11 is 0. The van der Waals surface area contributed by atoms with Crippen molar-refractivity contribution >= 4 is 17.8 Å². The first kappa shape index (κ1) is 13.3. The Morgan fingerprint density at radius 3 is 2.68 bits per heavy atom. The van der Waals surface area contributed by atoms with Crippen molar-refractivity contribution in [2.24, 2.45) is 0 Å². The minimum absolute atomic E-state index is 0.0457. The summed E-state index contributed by atoms with van der Waals surface area (Å²) in [6.07, 6.45) is 0.736. The third kappa shape index (κ3) is 3.01. The molecule has 0 saturated carbocycles. The van der Waals surface area contributed by atoms with Gasteiger partial charge in [0.2, 0.25) is 17.8 Å². The third-order valence-electron chi connectivity index (χ3n) is 2.84. The maximum absolute atomic E-state index is 11.8. The predicted octanol–water partition coefficient (Wildman–Crippen LogP) is -0.0454. The van der Waals surface area contributed by atoms with E-state index in [0.717, 1.165) is 13.0 Å². The van der Waals surface area contributed by atoms with Crippen LogP contribution in [0.4, 0.5) is 11.9 Å². The normalized spacial score (nSPS) is 18.6. The van der Waals surface area contributed by atoms with Crippen LogP contribution in [0.2, 0.25) is 0 Å². The van der Waals surface area contributed by atoms with E-state index in [2.05, 4.69) is 25.6 Å². The number of anilines is 2. The molecule has 2 rings (SSSR count). The molecule has 1 aliphatic rings. The van der Waals surface area contributed by atoms with Gasteiger partial charge in [-0.2, -0.15) is 15.0 Å². The second-order valence-corrected chi connectivity index (χ2v) is 4.19. The fraction of sp³-hybridized carbons (Fsp3) is 0.636. The fourth-order valence-corrected chi connectivity index (χ4v) is 1.84. The summed E-state index contributed by atoms with van der Waals surface area (Å²) < 4.78 is 5.26. The number of likely N-dealkylation sites (N-methyl/N-ethyl adjacent to an activating group) is 1. The van der Waals surface area contributed by atoms with Crippen molar-refractivity contribution in [3.8, 4) is 6.01 Å². The second-order valence-electron chi connectivity index (χ2n) is 4.19. The zero-order valence-corrected chi connectivity index (χ0v) is 11.3. The molecule has 0 aromatic carbocycles. The monoisotopic (exact) mass is 266 g/mol. The first-order chi connectivity index (χ1) is 9.13. The van der Waals surface area contributed by atoms with Crippen LogP contribution in [0.25, 0.3) is 0 Å². The zero-order chi connectivity index (χ0) is 13.8. The van der Waals surface area contributed by atoms with Gasteiger partial charge in [-0.1, -0.05) is 0 Å². The Balaban J connectivity index is 2.15. The Labute approximate surface area is 111 Å². The van der Waals surface area contributed by atoms with Crippen LogP contribution in [0, 0.1) is 0 Å². The van der Waals surface area contributed by atoms with Crippen LogP contribution in [-0.4, -0.2) is 59.0 Å². The van der Waals surface area contributed by atoms with E-state index in [-0.39, 0.29) is 18.0 Å². The first-order valence-corrected chi connectivity index (χ1v) is 6.22. The number of amides is 1. The van der Waals surface area contributed by atoms with Gasteiger partial charge in [-0.25, -0.2) is 0 Å². The van der Waals surface area contributed by atoms with Crippen molar-refractivity contribution in [3.05, 3.63) is 0 Å². The number of rotatable bonds is 5. The van der Waals surface area contributed by atoms with Crippen molar-refractivity contribution in [2.45, 2.75) is 19.4 Å². The molecule has 1 aromatic rings. The van der Waals surface area contributed by atoms with E-state index in [1.807, 2.05) is 6.92 Å². The van der Waals surface area contributed by atoms with Crippen LogP contribution in [0.3, 0.4) is 0 Å². The Morgan fingerprint density at radius 2 is 2.11 bits per heavy atom. The van der Waals surface area contributed by atoms with Crippen molar-refractivity contribution in [1.29, 1.82) is 0 Å². The van der Waals surface area contributed by atoms with Gasteiger partial charge in [0.05, 0.1) is 6.61 Å². The SMILES string of the molecule is CCOc1nc(NC)nc(NC2CCN(C)C2=O)n1. The molecule has 0 spiro atoms. The van der Waals surface area contributed by atoms with E-state index in [1.54, 1.807) is 19.0 Å². The van der Waals surface area contributed by atoms with Crippen LogP contribution >= 0.6 is 0 Å². The van der Waals surface area contributed by atoms with E-state index in [0.29, 0.717) is 18.5 Å². The molecule has 1 aromatic heterocycles. The summed E-state index contributed by atoms with van der Waals surface area (Å²) in [5, 5.41) is 5.85. The van der Waals surface area contributed by atoms with E-state index < -0.39 is 0 Å². The summed E-state index contributed by atoms with van der Waals surface area (Å²) in [5.41, 5.74) is 0. The Kier molecular flexibility index (Phi) is 3.98. The highest BCUT2D eigenvalue weighted by Gasteiger charge is 2.29. The maximum Gasteiger partial charge on any atom is 0.323 e. The Hall–Kier alpha value is -2.12. The lowest BCUT2D eigenvalue weighted by molar-refractivity contribution is -0.127. The summed E-state index contributed by atoms with van der Waals surface area (Å²) in [6.45, 7) is 3.06. The average Bonchev–Trinajstić information content (AvgIpc) is 2.71. The van der Waals surface area contributed by atoms with Gasteiger partial charge >= 0.3 is 6.01 Å². The number of aromatic nitrogens is 3. The molecule has 19 heavy (non-hydrogen) atoms. The topological polar surface area (TPSA) is 92.3 Å². The van der Waals surface area contributed by atoms with Crippen molar-refractivity contribution in [3.63, 3.8) is 0 Å². The van der Waals surface area contributed by atoms with Crippen molar-refractivity contribution in [2.75, 3.05) is 37.9 Å². The lowest BCUT2D eigenvalue weighted by Gasteiger charge is -2.13. The lowest BCUT2D eigenvalue weighted by Crippen LogP contribution is -2.31. The standard InChI is InChI=1S/C11H18N6O2/c1-4-19-11-15-9(12-2)14-10(16-11)13-7-5-6-17(3)8(7)18/h7H,4-6H2,1-3H3,(H2,12,13,14,15,16). The number of hydrogen-bond donors (Lipinski definition) is 2. The number of nitrogens with one attached hydrogen (secondary N) is 2. The van der Waals surface area contributed by atoms with Crippen LogP contribution < -0.4 is 15.4 Å². The molecule has 1 amide bonds. The van der Waals surface area contributed by atoms with Crippen molar-refractivity contribution < 1.29 is 9.53 Å². The molecule has 1 unspecified atom stereocenters. The zero-order valence-electron chi connectivity index (χ0n) is 11.3. The highest BCUT2D eigenvalue weighted by molar-refractivity contribution is 5.86. The summed E-state index contributed by atoms with van der Waals surface area (Å²) in [7, 11) is 3.49. The van der Waals surface area contributed by atoms with Gasteiger partial charge in [0.1, 0.15) is 6.04 Å². The molecule has 104 valence electrons. The van der Waals surface area contributed by atoms with E-state index in [1.165, 1.54) is 0 Å². The number of nitrogens with zero attached hydrogens (tertiary/aromatic N) is 4. The molecule has 1 saturated heterocycles. The molecule has 1 fully saturated rings. The number of carbonyl (C=O) groups excluding carboxylic acids is 1. The molecule has 1 atom stereocenters. The summed E-state index contributed by atoms with van der Waals surface area (Å²) in [5.74, 6) is 0.792. The van der Waals surface area contributed by atoms with E-state index in [4.69, 9.17) is 4.74 Å². The quantitative estimate of drug-likeness (QED) is 0.772. The summed E-state index contributed by atoms with van der Waals surface area (Å²) in [6, 6.07) is -0.0465. The largest absolute Gasteiger partial charge is 0.464 e. The Morgan fingerprint density at radius 1 is 1.37 bits per heavy atom. The summed E-state index contributed by atoms with van der Waals surface area (Å²) in [4.78, 5) is 25.9. The van der Waals surface area contributed by atoms with Gasteiger partial charge in [-0.05, 0) is 13.3 Å². The fourth-order valence-electron chi connectivity index (χ4n) is 1.84. The van der Waals surface area contributed by atoms with E-state index in [9.17, 15) is 4.79 Å². The average molecular weight is 266 g/mol. The van der Waals surface area contributed by atoms with Crippen LogP contribution in [0.5, 0.6) is 6.01 Å². The maximum atomic E-state index is 11.8. The molecule has 8 heteroatoms. The predicted molar refractivity (Wildman–Crippen MR) is 70.2 cm³/mol. The van der Waals surface area contributed by atoms with Crippen LogP contribution in [0.15, 0.2) is 0 Å². The minimum atomic E-state index is -0.286. The minimum Gasteiger partial charge on any atom is -0.464 e. The number of hydrogen-bond acceptors (Lipinski definition) is 7. The molecule has 8 nitrogen and oxygen atoms in total. The number of likely N-dealkylation sites (tertiary alicyclic amines) is 1. The molecular formula is C11H18N6O2. The highest BCUT2D eigenvalue weighted by atomic mass is 16.5. The molecule has 2 N–H and O–H groups in total. The third-order valence-corrected chi connectivity index (χ3v) is 2.84. The van der Waals surface area contributed by atoms with Gasteiger partial charge in [-0.3, -0.25) is 4.79 Å². The molecule has 1 aliphatic heterocycles. The van der Waals surface area contributed by atoms with Gasteiger partial charge in [0.15, 0.2) is 0 Å². The molecule has 0 radical (unpaired) electrons. The number of ether oxygens (including phenoxy) is 1. The van der Waals surface area contributed by atoms with Crippen LogP contribution in [0.1, 0.15) is 13.3 Å². The molecule has 0 aliphatic carbocycles. The van der Waals surface area contributed by atoms with Crippen LogP contribution in [-0.2, 0) is 4.79 Å². The highest BCUT2D eigenvalue weighted by Crippen LogP contribution is 2.16. The van der Waals surface area contributed by atoms with Gasteiger partial charge < -0.3 is 20.3 Å². The van der Waals surface area contributed by atoms with Gasteiger partial charge in [-0.15, -0.1) is 0 Å². The molecule has 0 bridgehead atoms. The second kappa shape index (κ2) is 5.68. The molecule has 2 heterocycles. The van der Waals surface area contributed by atoms with Gasteiger partial charge in [0.25, 0.3) is 0 Å².